The van der Waals surface area contributed by atoms with E-state index in [1.807, 2.05) is 0 Å². The first-order valence-corrected chi connectivity index (χ1v) is 14.2. The summed E-state index contributed by atoms with van der Waals surface area (Å²) in [5, 5.41) is 31.6. The fourth-order valence-corrected chi connectivity index (χ4v) is 8.24. The van der Waals surface area contributed by atoms with Gasteiger partial charge in [-0.2, -0.15) is 0 Å². The van der Waals surface area contributed by atoms with E-state index in [9.17, 15) is 38.3 Å². The number of imidazole rings is 1. The van der Waals surface area contributed by atoms with E-state index in [4.69, 9.17) is 4.84 Å². The highest BCUT2D eigenvalue weighted by atomic mass is 32.2. The number of fused-ring (bicyclic) bond motifs is 2. The van der Waals surface area contributed by atoms with Gasteiger partial charge in [-0.05, 0) is 18.9 Å². The first-order chi connectivity index (χ1) is 18.7. The molecule has 40 heavy (non-hydrogen) atoms. The van der Waals surface area contributed by atoms with Gasteiger partial charge in [-0.15, -0.1) is 11.3 Å². The van der Waals surface area contributed by atoms with Crippen molar-refractivity contribution in [3.05, 3.63) is 63.0 Å². The van der Waals surface area contributed by atoms with Gasteiger partial charge in [0.1, 0.15) is 16.9 Å². The summed E-state index contributed by atoms with van der Waals surface area (Å²) in [7, 11) is -1.73. The normalized spacial score (nSPS) is 23.6. The number of carbonyl (C=O) groups is 2. The molecule has 4 atom stereocenters. The fourth-order valence-electron chi connectivity index (χ4n) is 5.70. The zero-order valence-corrected chi connectivity index (χ0v) is 23.3. The van der Waals surface area contributed by atoms with Crippen LogP contribution < -0.4 is 0 Å². The molecule has 0 bridgehead atoms. The van der Waals surface area contributed by atoms with Gasteiger partial charge in [0.15, 0.2) is 0 Å². The highest BCUT2D eigenvalue weighted by molar-refractivity contribution is 7.89. The average Bonchev–Trinajstić information content (AvgIpc) is 3.52. The highest BCUT2D eigenvalue weighted by Crippen LogP contribution is 2.59. The van der Waals surface area contributed by atoms with Crippen LogP contribution in [0.4, 0.5) is 5.69 Å². The number of carboxylic acid groups (broad SMARTS) is 1. The van der Waals surface area contributed by atoms with Crippen molar-refractivity contribution in [3.8, 4) is 0 Å². The number of aromatic nitrogens is 2. The Balaban J connectivity index is 1.70. The smallest absolute Gasteiger partial charge is 0.352 e. The van der Waals surface area contributed by atoms with Crippen molar-refractivity contribution in [2.75, 3.05) is 14.2 Å². The van der Waals surface area contributed by atoms with E-state index < -0.39 is 50.3 Å². The van der Waals surface area contributed by atoms with E-state index >= 15 is 0 Å². The average molecular weight is 592 g/mol. The number of benzene rings is 1. The summed E-state index contributed by atoms with van der Waals surface area (Å²) in [4.78, 5) is 47.1. The van der Waals surface area contributed by atoms with E-state index in [0.717, 1.165) is 11.3 Å². The Labute approximate surface area is 231 Å². The van der Waals surface area contributed by atoms with Crippen molar-refractivity contribution < 1.29 is 38.0 Å². The monoisotopic (exact) mass is 591 g/mol. The number of nitro benzene ring substituents is 1. The van der Waals surface area contributed by atoms with E-state index in [0.29, 0.717) is 14.9 Å². The summed E-state index contributed by atoms with van der Waals surface area (Å²) in [6, 6.07) is 5.09. The minimum Gasteiger partial charge on any atom is -0.477 e. The van der Waals surface area contributed by atoms with Crippen molar-refractivity contribution in [2.24, 2.45) is 11.3 Å². The van der Waals surface area contributed by atoms with E-state index in [1.54, 1.807) is 25.3 Å². The van der Waals surface area contributed by atoms with E-state index in [1.165, 1.54) is 48.8 Å². The lowest BCUT2D eigenvalue weighted by atomic mass is 9.64. The molecule has 0 unspecified atom stereocenters. The molecular weight excluding hydrogens is 566 g/mol. The van der Waals surface area contributed by atoms with Crippen LogP contribution in [0.2, 0.25) is 0 Å². The Kier molecular flexibility index (Phi) is 6.58. The molecule has 5 rings (SSSR count). The third-order valence-corrected chi connectivity index (χ3v) is 10.4. The lowest BCUT2D eigenvalue weighted by Gasteiger charge is -2.51. The zero-order valence-electron chi connectivity index (χ0n) is 21.7. The summed E-state index contributed by atoms with van der Waals surface area (Å²) in [5.74, 6) is -2.76. The molecule has 3 aromatic rings. The Bertz CT molecular complexity index is 1690. The summed E-state index contributed by atoms with van der Waals surface area (Å²) in [5.41, 5.74) is -0.502. The fraction of sp³-hybridized carbons (Fsp3) is 0.375. The molecule has 4 heterocycles. The third kappa shape index (κ3) is 3.94. The number of aliphatic carboxylic acids is 1. The summed E-state index contributed by atoms with van der Waals surface area (Å²) in [6.45, 7) is 3.25. The van der Waals surface area contributed by atoms with Gasteiger partial charge in [0.25, 0.3) is 15.7 Å². The first kappa shape index (κ1) is 27.9. The number of aliphatic hydroxyl groups excluding tert-OH is 1. The van der Waals surface area contributed by atoms with Crippen LogP contribution in [0.25, 0.3) is 10.4 Å². The molecule has 2 aromatic heterocycles. The predicted octanol–water partition coefficient (Wildman–Crippen LogP) is 1.75. The van der Waals surface area contributed by atoms with Crippen LogP contribution in [0.1, 0.15) is 24.3 Å². The van der Waals surface area contributed by atoms with Gasteiger partial charge < -0.3 is 15.1 Å². The molecule has 0 saturated carbocycles. The summed E-state index contributed by atoms with van der Waals surface area (Å²) in [6.07, 6.45) is 1.95. The Morgan fingerprint density at radius 3 is 2.55 bits per heavy atom. The molecule has 1 amide bonds. The van der Waals surface area contributed by atoms with Crippen LogP contribution in [0.3, 0.4) is 0 Å². The largest absolute Gasteiger partial charge is 0.477 e. The van der Waals surface area contributed by atoms with Crippen molar-refractivity contribution in [2.45, 2.75) is 37.4 Å². The maximum absolute atomic E-state index is 13.1. The van der Waals surface area contributed by atoms with E-state index in [-0.39, 0.29) is 33.2 Å². The number of β-lactam (4-membered cyclic amide) rings is 1. The van der Waals surface area contributed by atoms with Crippen LogP contribution >= 0.6 is 11.3 Å². The van der Waals surface area contributed by atoms with Crippen molar-refractivity contribution in [1.82, 2.24) is 18.8 Å². The summed E-state index contributed by atoms with van der Waals surface area (Å²) >= 11 is 0.994. The minimum atomic E-state index is -4.13. The van der Waals surface area contributed by atoms with Crippen LogP contribution in [0.5, 0.6) is 0 Å². The Morgan fingerprint density at radius 2 is 2.00 bits per heavy atom. The van der Waals surface area contributed by atoms with Crippen molar-refractivity contribution in [3.63, 3.8) is 0 Å². The molecule has 1 aromatic carbocycles. The zero-order chi connectivity index (χ0) is 29.3. The SMILES string of the molecule is CON(C)S(=O)(=O)c1ncn2cc(C3=C(C(=O)O)N4C(=O)[C@H]([C@@H](C)O)[C@@H]4[C@@]3(C)Cc3ccc([N+](=O)[O-])cc3)sc12. The van der Waals surface area contributed by atoms with Gasteiger partial charge in [0.2, 0.25) is 10.9 Å². The maximum Gasteiger partial charge on any atom is 0.352 e. The van der Waals surface area contributed by atoms with Crippen LogP contribution in [0, 0.1) is 21.4 Å². The minimum absolute atomic E-state index is 0.111. The number of nitro groups is 1. The highest BCUT2D eigenvalue weighted by Gasteiger charge is 2.66. The molecule has 2 N–H and O–H groups in total. The molecule has 16 heteroatoms. The molecule has 2 aliphatic heterocycles. The van der Waals surface area contributed by atoms with Crippen molar-refractivity contribution >= 4 is 49.3 Å². The molecule has 14 nitrogen and oxygen atoms in total. The van der Waals surface area contributed by atoms with Crippen LogP contribution in [-0.4, -0.2) is 80.5 Å². The van der Waals surface area contributed by atoms with Crippen molar-refractivity contribution in [1.29, 1.82) is 0 Å². The number of non-ortho nitro benzene ring substituents is 1. The number of aliphatic hydroxyl groups is 1. The molecule has 0 aliphatic carbocycles. The topological polar surface area (TPSA) is 185 Å². The molecule has 2 aliphatic rings. The third-order valence-electron chi connectivity index (χ3n) is 7.55. The second kappa shape index (κ2) is 9.45. The number of carboxylic acids is 1. The molecular formula is C24H25N5O9S2. The number of sulfonamides is 1. The maximum atomic E-state index is 13.1. The second-order valence-electron chi connectivity index (χ2n) is 9.92. The number of amides is 1. The van der Waals surface area contributed by atoms with Gasteiger partial charge in [-0.3, -0.25) is 24.1 Å². The number of thiazole rings is 1. The molecule has 212 valence electrons. The standard InChI is InChI=1S/C24H25N5O9S2/c1-12(30)16-19-24(2,9-13-5-7-14(8-6-13)29(34)35)17(18(23(32)33)28(19)21(16)31)15-10-27-11-25-20(22(27)39-15)40(36,37)26(3)38-4/h5-8,10-12,16,19,30H,9H2,1-4H3,(H,32,33)/t12-,16-,19-,24+/m1/s1. The van der Waals surface area contributed by atoms with E-state index in [2.05, 4.69) is 4.98 Å². The molecule has 1 fully saturated rings. The Morgan fingerprint density at radius 1 is 1.35 bits per heavy atom. The summed E-state index contributed by atoms with van der Waals surface area (Å²) < 4.78 is 28.0. The Hall–Kier alpha value is -3.70. The number of nitrogens with zero attached hydrogens (tertiary/aromatic N) is 5. The molecule has 0 radical (unpaired) electrons. The number of rotatable bonds is 9. The predicted molar refractivity (Wildman–Crippen MR) is 140 cm³/mol. The molecule has 0 spiro atoms. The second-order valence-corrected chi connectivity index (χ2v) is 12.8. The first-order valence-electron chi connectivity index (χ1n) is 12.0. The number of hydrogen-bond acceptors (Lipinski definition) is 10. The lowest BCUT2D eigenvalue weighted by molar-refractivity contribution is -0.384. The lowest BCUT2D eigenvalue weighted by Crippen LogP contribution is -2.66. The van der Waals surface area contributed by atoms with Gasteiger partial charge in [-0.1, -0.05) is 23.5 Å². The molecule has 1 saturated heterocycles. The number of hydrogen-bond donors (Lipinski definition) is 2. The van der Waals surface area contributed by atoms with Gasteiger partial charge in [0.05, 0.1) is 35.0 Å². The number of hydroxylamine groups is 1. The van der Waals surface area contributed by atoms with Gasteiger partial charge >= 0.3 is 5.97 Å². The van der Waals surface area contributed by atoms with Gasteiger partial charge in [0, 0.05) is 36.4 Å². The van der Waals surface area contributed by atoms with Crippen LogP contribution in [-0.2, 0) is 30.9 Å². The van der Waals surface area contributed by atoms with Gasteiger partial charge in [-0.25, -0.2) is 18.2 Å². The number of carbonyl (C=O) groups excluding carboxylic acids is 1. The van der Waals surface area contributed by atoms with Crippen LogP contribution in [0.15, 0.2) is 47.5 Å². The quantitative estimate of drug-likeness (QED) is 0.211.